The van der Waals surface area contributed by atoms with E-state index >= 15 is 0 Å². The molecular weight excluding hydrogens is 570 g/mol. The number of benzene rings is 1. The van der Waals surface area contributed by atoms with Gasteiger partial charge in [0.2, 0.25) is 30.0 Å². The number of rotatable bonds is 6. The summed E-state index contributed by atoms with van der Waals surface area (Å²) in [4.78, 5) is 63.6. The fourth-order valence-electron chi connectivity index (χ4n) is 4.34. The van der Waals surface area contributed by atoms with Gasteiger partial charge in [0.1, 0.15) is 24.1 Å². The van der Waals surface area contributed by atoms with Crippen LogP contribution in [0.4, 0.5) is 5.69 Å². The summed E-state index contributed by atoms with van der Waals surface area (Å²) in [5.74, 6) is -2.40. The summed E-state index contributed by atoms with van der Waals surface area (Å²) in [6.45, 7) is 10.9. The number of allylic oxidation sites excluding steroid dienone is 1. The van der Waals surface area contributed by atoms with Gasteiger partial charge in [-0.3, -0.25) is 19.2 Å². The minimum absolute atomic E-state index is 0.00253. The van der Waals surface area contributed by atoms with E-state index in [0.717, 1.165) is 17.4 Å². The summed E-state index contributed by atoms with van der Waals surface area (Å²) in [7, 11) is 1.23. The first-order valence-corrected chi connectivity index (χ1v) is 14.3. The topological polar surface area (TPSA) is 203 Å². The van der Waals surface area contributed by atoms with E-state index in [0.29, 0.717) is 24.9 Å². The number of aliphatic hydroxyl groups is 1. The zero-order chi connectivity index (χ0) is 33.2. The molecule has 1 aliphatic rings. The average Bonchev–Trinajstić information content (AvgIpc) is 3.45. The SMILES string of the molecule is CC(C)C(O)C(N)=O.COC(=O)c1coc(C2=CC(C)c3cc(ccc3NC=O)CCCC(=O)NC(C(C)(C)C)C(=O)N2)n1. The Bertz CT molecular complexity index is 1380. The number of fused-ring (bicyclic) bond motifs is 2. The van der Waals surface area contributed by atoms with Crippen LogP contribution < -0.4 is 21.7 Å². The molecule has 4 amide bonds. The van der Waals surface area contributed by atoms with Crippen LogP contribution in [0.5, 0.6) is 0 Å². The quantitative estimate of drug-likeness (QED) is 0.240. The van der Waals surface area contributed by atoms with E-state index in [4.69, 9.17) is 20.0 Å². The molecule has 3 atom stereocenters. The number of ether oxygens (including phenoxy) is 1. The van der Waals surface area contributed by atoms with Crippen LogP contribution in [-0.4, -0.2) is 59.4 Å². The van der Waals surface area contributed by atoms with Gasteiger partial charge in [-0.2, -0.15) is 0 Å². The van der Waals surface area contributed by atoms with E-state index in [2.05, 4.69) is 20.9 Å². The third kappa shape index (κ3) is 10.0. The van der Waals surface area contributed by atoms with Crippen LogP contribution in [0, 0.1) is 11.3 Å². The molecule has 0 aliphatic carbocycles. The maximum Gasteiger partial charge on any atom is 0.360 e. The number of hydrogen-bond donors (Lipinski definition) is 5. The lowest BCUT2D eigenvalue weighted by Gasteiger charge is -2.30. The molecule has 3 unspecified atom stereocenters. The van der Waals surface area contributed by atoms with Crippen molar-refractivity contribution in [3.63, 3.8) is 0 Å². The predicted molar refractivity (Wildman–Crippen MR) is 163 cm³/mol. The van der Waals surface area contributed by atoms with E-state index in [1.165, 1.54) is 7.11 Å². The number of nitrogens with one attached hydrogen (secondary N) is 3. The monoisotopic (exact) mass is 613 g/mol. The number of amides is 4. The van der Waals surface area contributed by atoms with Crippen LogP contribution in [0.25, 0.3) is 5.70 Å². The number of carbonyl (C=O) groups is 5. The van der Waals surface area contributed by atoms with E-state index in [-0.39, 0.29) is 41.4 Å². The van der Waals surface area contributed by atoms with E-state index < -0.39 is 35.3 Å². The Kier molecular flexibility index (Phi) is 12.8. The molecule has 44 heavy (non-hydrogen) atoms. The molecular formula is C31H43N5O8. The van der Waals surface area contributed by atoms with Crippen LogP contribution >= 0.6 is 0 Å². The number of aryl methyl sites for hydroxylation is 1. The second kappa shape index (κ2) is 15.8. The summed E-state index contributed by atoms with van der Waals surface area (Å²) < 4.78 is 10.2. The second-order valence-corrected chi connectivity index (χ2v) is 11.9. The van der Waals surface area contributed by atoms with Crippen molar-refractivity contribution < 1.29 is 38.2 Å². The van der Waals surface area contributed by atoms with Crippen molar-refractivity contribution in [3.05, 3.63) is 53.2 Å². The molecule has 2 aromatic rings. The molecule has 0 fully saturated rings. The van der Waals surface area contributed by atoms with Crippen molar-refractivity contribution in [3.8, 4) is 0 Å². The number of esters is 1. The summed E-state index contributed by atoms with van der Waals surface area (Å²) in [5, 5.41) is 17.1. The fourth-order valence-corrected chi connectivity index (χ4v) is 4.34. The number of hydrogen-bond acceptors (Lipinski definition) is 9. The number of methoxy groups -OCH3 is 1. The van der Waals surface area contributed by atoms with E-state index in [1.54, 1.807) is 19.9 Å². The highest BCUT2D eigenvalue weighted by atomic mass is 16.5. The van der Waals surface area contributed by atoms with Crippen molar-refractivity contribution >= 4 is 41.5 Å². The smallest absolute Gasteiger partial charge is 0.360 e. The van der Waals surface area contributed by atoms with Crippen molar-refractivity contribution in [2.75, 3.05) is 12.4 Å². The molecule has 1 aliphatic heterocycles. The molecule has 0 spiro atoms. The van der Waals surface area contributed by atoms with Crippen molar-refractivity contribution in [2.24, 2.45) is 17.1 Å². The second-order valence-electron chi connectivity index (χ2n) is 11.9. The molecule has 0 radical (unpaired) electrons. The van der Waals surface area contributed by atoms with Crippen LogP contribution in [0.1, 0.15) is 87.8 Å². The van der Waals surface area contributed by atoms with Crippen LogP contribution in [-0.2, 0) is 30.3 Å². The summed E-state index contributed by atoms with van der Waals surface area (Å²) in [6, 6.07) is 4.84. The summed E-state index contributed by atoms with van der Waals surface area (Å²) in [5.41, 5.74) is 6.74. The van der Waals surface area contributed by atoms with Gasteiger partial charge in [-0.1, -0.05) is 53.7 Å². The van der Waals surface area contributed by atoms with Gasteiger partial charge in [-0.25, -0.2) is 9.78 Å². The third-order valence-electron chi connectivity index (χ3n) is 6.85. The highest BCUT2D eigenvalue weighted by Gasteiger charge is 2.34. The molecule has 13 heteroatoms. The van der Waals surface area contributed by atoms with Gasteiger partial charge < -0.3 is 35.9 Å². The minimum atomic E-state index is -0.991. The Hall–Kier alpha value is -4.52. The summed E-state index contributed by atoms with van der Waals surface area (Å²) >= 11 is 0. The highest BCUT2D eigenvalue weighted by molar-refractivity contribution is 5.94. The Balaban J connectivity index is 0.000000742. The highest BCUT2D eigenvalue weighted by Crippen LogP contribution is 2.30. The fraction of sp³-hybridized carbons (Fsp3) is 0.484. The largest absolute Gasteiger partial charge is 0.464 e. The lowest BCUT2D eigenvalue weighted by Crippen LogP contribution is -2.53. The van der Waals surface area contributed by atoms with Gasteiger partial charge >= 0.3 is 5.97 Å². The third-order valence-corrected chi connectivity index (χ3v) is 6.85. The molecule has 1 aromatic carbocycles. The lowest BCUT2D eigenvalue weighted by atomic mass is 9.85. The molecule has 13 nitrogen and oxygen atoms in total. The van der Waals surface area contributed by atoms with Crippen molar-refractivity contribution in [1.29, 1.82) is 0 Å². The number of nitrogens with zero attached hydrogens (tertiary/aromatic N) is 1. The zero-order valence-electron chi connectivity index (χ0n) is 26.2. The maximum atomic E-state index is 13.4. The molecule has 1 aromatic heterocycles. The Morgan fingerprint density at radius 2 is 1.91 bits per heavy atom. The number of carbonyl (C=O) groups excluding carboxylic acids is 5. The number of nitrogens with two attached hydrogens (primary N) is 1. The first-order chi connectivity index (χ1) is 20.6. The number of aromatic nitrogens is 1. The van der Waals surface area contributed by atoms with E-state index in [9.17, 15) is 24.0 Å². The molecule has 0 saturated carbocycles. The van der Waals surface area contributed by atoms with Crippen LogP contribution in [0.2, 0.25) is 0 Å². The number of anilines is 1. The van der Waals surface area contributed by atoms with Crippen molar-refractivity contribution in [2.45, 2.75) is 78.9 Å². The maximum absolute atomic E-state index is 13.4. The van der Waals surface area contributed by atoms with Gasteiger partial charge in [0.25, 0.3) is 0 Å². The predicted octanol–water partition coefficient (Wildman–Crippen LogP) is 2.65. The average molecular weight is 614 g/mol. The molecule has 3 rings (SSSR count). The molecule has 240 valence electrons. The normalized spacial score (nSPS) is 18.3. The van der Waals surface area contributed by atoms with Gasteiger partial charge in [0.05, 0.1) is 7.11 Å². The van der Waals surface area contributed by atoms with Gasteiger partial charge in [0, 0.05) is 18.0 Å². The Morgan fingerprint density at radius 1 is 1.23 bits per heavy atom. The van der Waals surface area contributed by atoms with Gasteiger partial charge in [-0.05, 0) is 47.4 Å². The molecule has 6 N–H and O–H groups in total. The molecule has 2 bridgehead atoms. The van der Waals surface area contributed by atoms with Crippen LogP contribution in [0.15, 0.2) is 35.0 Å². The van der Waals surface area contributed by atoms with Gasteiger partial charge in [0.15, 0.2) is 5.69 Å². The first-order valence-electron chi connectivity index (χ1n) is 14.3. The standard InChI is InChI=1S/C26H32N4O6.C5H11NO2/c1-15-11-19(24-29-20(13-36-24)25(34)35-5)28-23(33)22(26(2,3)4)30-21(32)8-6-7-16-9-10-18(27-14-31)17(15)12-16;1-3(2)4(7)5(6)8/h9-15,22H,6-8H2,1-5H3,(H,27,31)(H,28,33)(H,30,32);3-4,7H,1-2H3,(H2,6,8). The number of primary amides is 1. The zero-order valence-corrected chi connectivity index (χ0v) is 26.2. The first kappa shape index (κ1) is 35.7. The van der Waals surface area contributed by atoms with Gasteiger partial charge in [-0.15, -0.1) is 0 Å². The minimum Gasteiger partial charge on any atom is -0.464 e. The van der Waals surface area contributed by atoms with E-state index in [1.807, 2.05) is 45.9 Å². The number of aliphatic hydroxyl groups excluding tert-OH is 1. The summed E-state index contributed by atoms with van der Waals surface area (Å²) in [6.07, 6.45) is 4.00. The number of oxazole rings is 1. The molecule has 0 saturated heterocycles. The lowest BCUT2D eigenvalue weighted by molar-refractivity contribution is -0.130. The van der Waals surface area contributed by atoms with Crippen molar-refractivity contribution in [1.82, 2.24) is 15.6 Å². The molecule has 2 heterocycles. The van der Waals surface area contributed by atoms with Crippen LogP contribution in [0.3, 0.4) is 0 Å². The Morgan fingerprint density at radius 3 is 2.45 bits per heavy atom. The Labute approximate surface area is 257 Å².